The van der Waals surface area contributed by atoms with Crippen LogP contribution < -0.4 is 11.1 Å². The summed E-state index contributed by atoms with van der Waals surface area (Å²) in [5, 5.41) is 8.71. The van der Waals surface area contributed by atoms with Gasteiger partial charge in [-0.3, -0.25) is 0 Å². The molecule has 2 aromatic rings. The third-order valence-corrected chi connectivity index (χ3v) is 2.26. The molecule has 0 amide bonds. The van der Waals surface area contributed by atoms with Gasteiger partial charge in [0.15, 0.2) is 0 Å². The Morgan fingerprint density at radius 2 is 2.00 bits per heavy atom. The van der Waals surface area contributed by atoms with Crippen LogP contribution >= 0.6 is 0 Å². The summed E-state index contributed by atoms with van der Waals surface area (Å²) in [4.78, 5) is 3.74. The molecule has 0 atom stereocenters. The number of nitrogens with zero attached hydrogens (tertiary/aromatic N) is 2. The Labute approximate surface area is 100 Å². The summed E-state index contributed by atoms with van der Waals surface area (Å²) >= 11 is 0. The number of benzene rings is 1. The Morgan fingerprint density at radius 1 is 1.28 bits per heavy atom. The van der Waals surface area contributed by atoms with E-state index in [1.165, 1.54) is 12.1 Å². The zero-order valence-corrected chi connectivity index (χ0v) is 9.12. The number of alkyl halides is 3. The third kappa shape index (κ3) is 2.70. The van der Waals surface area contributed by atoms with Gasteiger partial charge in [0.1, 0.15) is 0 Å². The van der Waals surface area contributed by atoms with Gasteiger partial charge in [0.25, 0.3) is 0 Å². The lowest BCUT2D eigenvalue weighted by atomic mass is 10.1. The van der Waals surface area contributed by atoms with Crippen LogP contribution in [0.25, 0.3) is 0 Å². The lowest BCUT2D eigenvalue weighted by Gasteiger charge is -2.12. The van der Waals surface area contributed by atoms with E-state index < -0.39 is 11.7 Å². The van der Waals surface area contributed by atoms with Crippen LogP contribution in [-0.4, -0.2) is 15.2 Å². The van der Waals surface area contributed by atoms with E-state index in [1.54, 1.807) is 6.07 Å². The fraction of sp³-hybridized carbons (Fsp3) is 0.200. The average molecular weight is 257 g/mol. The molecule has 0 unspecified atom stereocenters. The zero-order chi connectivity index (χ0) is 13.2. The zero-order valence-electron chi connectivity index (χ0n) is 9.12. The number of aromatic nitrogens is 3. The van der Waals surface area contributed by atoms with Gasteiger partial charge in [-0.25, -0.2) is 5.10 Å². The summed E-state index contributed by atoms with van der Waals surface area (Å²) < 4.78 is 38.1. The molecular formula is C10H10F3N5. The third-order valence-electron chi connectivity index (χ3n) is 2.26. The first-order chi connectivity index (χ1) is 8.47. The lowest BCUT2D eigenvalue weighted by molar-refractivity contribution is -0.138. The first-order valence-electron chi connectivity index (χ1n) is 5.03. The molecule has 1 aromatic carbocycles. The monoisotopic (exact) mass is 257 g/mol. The van der Waals surface area contributed by atoms with Crippen molar-refractivity contribution in [2.75, 3.05) is 11.1 Å². The predicted octanol–water partition coefficient (Wildman–Crippen LogP) is 2.02. The minimum absolute atomic E-state index is 0.0347. The molecule has 1 heterocycles. The van der Waals surface area contributed by atoms with E-state index in [1.807, 2.05) is 0 Å². The van der Waals surface area contributed by atoms with Crippen molar-refractivity contribution < 1.29 is 13.2 Å². The quantitative estimate of drug-likeness (QED) is 0.785. The van der Waals surface area contributed by atoms with Gasteiger partial charge in [-0.05, 0) is 11.6 Å². The number of hydrogen-bond acceptors (Lipinski definition) is 4. The molecule has 1 aromatic heterocycles. The molecule has 96 valence electrons. The number of aromatic amines is 1. The van der Waals surface area contributed by atoms with Gasteiger partial charge >= 0.3 is 6.18 Å². The van der Waals surface area contributed by atoms with Gasteiger partial charge in [0.2, 0.25) is 11.9 Å². The van der Waals surface area contributed by atoms with E-state index in [0.717, 1.165) is 6.07 Å². The van der Waals surface area contributed by atoms with E-state index in [9.17, 15) is 13.2 Å². The van der Waals surface area contributed by atoms with Gasteiger partial charge in [-0.1, -0.05) is 18.2 Å². The van der Waals surface area contributed by atoms with E-state index in [-0.39, 0.29) is 24.0 Å². The van der Waals surface area contributed by atoms with E-state index in [4.69, 9.17) is 5.73 Å². The minimum Gasteiger partial charge on any atom is -0.368 e. The summed E-state index contributed by atoms with van der Waals surface area (Å²) in [5.74, 6) is 0.256. The highest BCUT2D eigenvalue weighted by atomic mass is 19.4. The molecule has 0 aliphatic heterocycles. The second-order valence-electron chi connectivity index (χ2n) is 3.55. The standard InChI is InChI=1S/C10H10F3N5/c11-10(12,13)7-4-2-1-3-6(7)5-15-9-16-8(14)17-18-9/h1-4H,5H2,(H4,14,15,16,17,18). The molecule has 0 saturated carbocycles. The van der Waals surface area contributed by atoms with Gasteiger partial charge < -0.3 is 11.1 Å². The summed E-state index contributed by atoms with van der Waals surface area (Å²) in [6.07, 6.45) is -4.38. The summed E-state index contributed by atoms with van der Waals surface area (Å²) in [7, 11) is 0. The van der Waals surface area contributed by atoms with Crippen LogP contribution in [0.2, 0.25) is 0 Å². The highest BCUT2D eigenvalue weighted by molar-refractivity contribution is 5.35. The molecule has 0 saturated heterocycles. The number of hydrogen-bond donors (Lipinski definition) is 3. The number of rotatable bonds is 3. The number of anilines is 2. The molecule has 0 bridgehead atoms. The number of nitrogen functional groups attached to an aromatic ring is 1. The molecular weight excluding hydrogens is 247 g/mol. The highest BCUT2D eigenvalue weighted by Gasteiger charge is 2.32. The van der Waals surface area contributed by atoms with Crippen LogP contribution in [0.5, 0.6) is 0 Å². The van der Waals surface area contributed by atoms with Gasteiger partial charge in [0, 0.05) is 6.54 Å². The first-order valence-corrected chi connectivity index (χ1v) is 5.03. The van der Waals surface area contributed by atoms with Gasteiger partial charge in [-0.15, -0.1) is 5.10 Å². The summed E-state index contributed by atoms with van der Waals surface area (Å²) in [6, 6.07) is 5.31. The maximum absolute atomic E-state index is 12.7. The average Bonchev–Trinajstić information content (AvgIpc) is 2.72. The number of halogens is 3. The Balaban J connectivity index is 2.14. The summed E-state index contributed by atoms with van der Waals surface area (Å²) in [5.41, 5.74) is 4.74. The SMILES string of the molecule is Nc1nc(NCc2ccccc2C(F)(F)F)n[nH]1. The van der Waals surface area contributed by atoms with Crippen LogP contribution in [0, 0.1) is 0 Å². The van der Waals surface area contributed by atoms with Crippen molar-refractivity contribution >= 4 is 11.9 Å². The Morgan fingerprint density at radius 3 is 2.61 bits per heavy atom. The molecule has 8 heteroatoms. The first kappa shape index (κ1) is 12.2. The Hall–Kier alpha value is -2.25. The maximum Gasteiger partial charge on any atom is 0.416 e. The van der Waals surface area contributed by atoms with E-state index in [2.05, 4.69) is 20.5 Å². The fourth-order valence-electron chi connectivity index (χ4n) is 1.48. The van der Waals surface area contributed by atoms with Crippen molar-refractivity contribution in [3.63, 3.8) is 0 Å². The fourth-order valence-corrected chi connectivity index (χ4v) is 1.48. The molecule has 2 rings (SSSR count). The lowest BCUT2D eigenvalue weighted by Crippen LogP contribution is -2.12. The van der Waals surface area contributed by atoms with E-state index in [0.29, 0.717) is 0 Å². The smallest absolute Gasteiger partial charge is 0.368 e. The maximum atomic E-state index is 12.7. The van der Waals surface area contributed by atoms with Crippen LogP contribution in [0.1, 0.15) is 11.1 Å². The molecule has 0 aliphatic rings. The molecule has 0 radical (unpaired) electrons. The topological polar surface area (TPSA) is 79.6 Å². The molecule has 5 nitrogen and oxygen atoms in total. The van der Waals surface area contributed by atoms with Gasteiger partial charge in [-0.2, -0.15) is 18.2 Å². The van der Waals surface area contributed by atoms with Crippen LogP contribution in [0.4, 0.5) is 25.1 Å². The number of nitrogens with one attached hydrogen (secondary N) is 2. The highest BCUT2D eigenvalue weighted by Crippen LogP contribution is 2.31. The molecule has 4 N–H and O–H groups in total. The Kier molecular flexibility index (Phi) is 3.09. The van der Waals surface area contributed by atoms with Crippen molar-refractivity contribution in [2.45, 2.75) is 12.7 Å². The second-order valence-corrected chi connectivity index (χ2v) is 3.55. The second kappa shape index (κ2) is 4.55. The number of H-pyrrole nitrogens is 1. The number of nitrogens with two attached hydrogens (primary N) is 1. The Bertz CT molecular complexity index is 534. The molecule has 0 fully saturated rings. The van der Waals surface area contributed by atoms with Gasteiger partial charge in [0.05, 0.1) is 5.56 Å². The summed E-state index contributed by atoms with van der Waals surface area (Å²) in [6.45, 7) is -0.0347. The van der Waals surface area contributed by atoms with Crippen molar-refractivity contribution in [1.82, 2.24) is 15.2 Å². The van der Waals surface area contributed by atoms with Crippen molar-refractivity contribution in [2.24, 2.45) is 0 Å². The molecule has 18 heavy (non-hydrogen) atoms. The molecule has 0 aliphatic carbocycles. The van der Waals surface area contributed by atoms with Crippen molar-refractivity contribution in [1.29, 1.82) is 0 Å². The van der Waals surface area contributed by atoms with Crippen molar-refractivity contribution in [3.8, 4) is 0 Å². The van der Waals surface area contributed by atoms with Crippen molar-refractivity contribution in [3.05, 3.63) is 35.4 Å². The van der Waals surface area contributed by atoms with Crippen LogP contribution in [0.15, 0.2) is 24.3 Å². The normalized spacial score (nSPS) is 11.5. The molecule has 0 spiro atoms. The predicted molar refractivity (Wildman–Crippen MR) is 59.6 cm³/mol. The minimum atomic E-state index is -4.38. The van der Waals surface area contributed by atoms with Crippen LogP contribution in [-0.2, 0) is 12.7 Å². The van der Waals surface area contributed by atoms with E-state index >= 15 is 0 Å². The largest absolute Gasteiger partial charge is 0.416 e. The van der Waals surface area contributed by atoms with Crippen LogP contribution in [0.3, 0.4) is 0 Å².